The van der Waals surface area contributed by atoms with Crippen LogP contribution in [-0.4, -0.2) is 49.6 Å². The molecule has 0 spiro atoms. The van der Waals surface area contributed by atoms with Crippen molar-refractivity contribution >= 4 is 5.97 Å². The molecule has 2 N–H and O–H groups in total. The predicted molar refractivity (Wildman–Crippen MR) is 50.3 cm³/mol. The van der Waals surface area contributed by atoms with E-state index in [0.717, 1.165) is 6.42 Å². The van der Waals surface area contributed by atoms with Gasteiger partial charge in [-0.25, -0.2) is 0 Å². The summed E-state index contributed by atoms with van der Waals surface area (Å²) in [6.45, 7) is 3.03. The summed E-state index contributed by atoms with van der Waals surface area (Å²) in [7, 11) is 1.61. The van der Waals surface area contributed by atoms with Crippen molar-refractivity contribution in [3.63, 3.8) is 0 Å². The van der Waals surface area contributed by atoms with E-state index in [0.29, 0.717) is 13.2 Å². The van der Waals surface area contributed by atoms with Crippen molar-refractivity contribution in [2.75, 3.05) is 26.9 Å². The Hall–Kier alpha value is -0.650. The van der Waals surface area contributed by atoms with Crippen LogP contribution in [0.25, 0.3) is 0 Å². The Morgan fingerprint density at radius 3 is 2.93 bits per heavy atom. The zero-order valence-electron chi connectivity index (χ0n) is 8.58. The second kappa shape index (κ2) is 4.72. The lowest BCUT2D eigenvalue weighted by atomic mass is 10.1. The SMILES string of the molecule is CNC(C)(COC1CCOC1)C(=O)O. The van der Waals surface area contributed by atoms with Crippen molar-refractivity contribution in [3.8, 4) is 0 Å². The third-order valence-corrected chi connectivity index (χ3v) is 2.52. The molecule has 1 aliphatic heterocycles. The normalized spacial score (nSPS) is 26.0. The Labute approximate surface area is 83.4 Å². The van der Waals surface area contributed by atoms with Crippen LogP contribution in [-0.2, 0) is 14.3 Å². The van der Waals surface area contributed by atoms with Crippen molar-refractivity contribution in [2.45, 2.75) is 25.0 Å². The molecule has 0 aromatic carbocycles. The topological polar surface area (TPSA) is 67.8 Å². The standard InChI is InChI=1S/C9H17NO4/c1-9(10-2,8(11)12)6-14-7-3-4-13-5-7/h7,10H,3-6H2,1-2H3,(H,11,12). The number of ether oxygens (including phenoxy) is 2. The first-order valence-electron chi connectivity index (χ1n) is 4.70. The van der Waals surface area contributed by atoms with Crippen LogP contribution >= 0.6 is 0 Å². The van der Waals surface area contributed by atoms with Gasteiger partial charge in [0.1, 0.15) is 5.54 Å². The number of rotatable bonds is 5. The minimum Gasteiger partial charge on any atom is -0.480 e. The van der Waals surface area contributed by atoms with Crippen LogP contribution in [0.5, 0.6) is 0 Å². The van der Waals surface area contributed by atoms with Crippen LogP contribution in [0, 0.1) is 0 Å². The monoisotopic (exact) mass is 203 g/mol. The highest BCUT2D eigenvalue weighted by Crippen LogP contribution is 2.12. The summed E-state index contributed by atoms with van der Waals surface area (Å²) in [5.41, 5.74) is -1.01. The summed E-state index contributed by atoms with van der Waals surface area (Å²) in [4.78, 5) is 10.9. The fourth-order valence-corrected chi connectivity index (χ4v) is 1.17. The Balaban J connectivity index is 2.36. The largest absolute Gasteiger partial charge is 0.480 e. The van der Waals surface area contributed by atoms with E-state index in [1.807, 2.05) is 0 Å². The lowest BCUT2D eigenvalue weighted by Crippen LogP contribution is -2.52. The molecule has 82 valence electrons. The average molecular weight is 203 g/mol. The molecule has 0 saturated carbocycles. The van der Waals surface area contributed by atoms with E-state index in [1.165, 1.54) is 0 Å². The summed E-state index contributed by atoms with van der Waals surface area (Å²) in [6.07, 6.45) is 0.890. The molecule has 14 heavy (non-hydrogen) atoms. The first-order valence-corrected chi connectivity index (χ1v) is 4.70. The lowest BCUT2D eigenvalue weighted by Gasteiger charge is -2.25. The smallest absolute Gasteiger partial charge is 0.326 e. The second-order valence-electron chi connectivity index (χ2n) is 3.68. The Morgan fingerprint density at radius 2 is 2.50 bits per heavy atom. The number of likely N-dealkylation sites (N-methyl/N-ethyl adjacent to an activating group) is 1. The molecule has 0 radical (unpaired) electrons. The first-order chi connectivity index (χ1) is 6.58. The highest BCUT2D eigenvalue weighted by atomic mass is 16.5. The fourth-order valence-electron chi connectivity index (χ4n) is 1.17. The first kappa shape index (κ1) is 11.4. The number of aliphatic carboxylic acids is 1. The van der Waals surface area contributed by atoms with Crippen molar-refractivity contribution < 1.29 is 19.4 Å². The Kier molecular flexibility index (Phi) is 3.86. The number of hydrogen-bond acceptors (Lipinski definition) is 4. The van der Waals surface area contributed by atoms with Gasteiger partial charge in [-0.1, -0.05) is 0 Å². The number of carboxylic acid groups (broad SMARTS) is 1. The van der Waals surface area contributed by atoms with Gasteiger partial charge in [-0.2, -0.15) is 0 Å². The van der Waals surface area contributed by atoms with Gasteiger partial charge in [-0.3, -0.25) is 4.79 Å². The molecule has 2 atom stereocenters. The van der Waals surface area contributed by atoms with Crippen LogP contribution in [0.2, 0.25) is 0 Å². The van der Waals surface area contributed by atoms with Crippen molar-refractivity contribution in [1.29, 1.82) is 0 Å². The molecule has 1 rings (SSSR count). The Morgan fingerprint density at radius 1 is 1.79 bits per heavy atom. The second-order valence-corrected chi connectivity index (χ2v) is 3.68. The highest BCUT2D eigenvalue weighted by Gasteiger charge is 2.33. The molecular formula is C9H17NO4. The molecule has 0 aromatic rings. The maximum atomic E-state index is 10.9. The highest BCUT2D eigenvalue weighted by molar-refractivity contribution is 5.78. The van der Waals surface area contributed by atoms with Crippen LogP contribution in [0.3, 0.4) is 0 Å². The molecule has 0 aliphatic carbocycles. The molecule has 5 heteroatoms. The van der Waals surface area contributed by atoms with Gasteiger partial charge in [-0.05, 0) is 20.4 Å². The number of carbonyl (C=O) groups is 1. The molecule has 0 bridgehead atoms. The van der Waals surface area contributed by atoms with Crippen molar-refractivity contribution in [3.05, 3.63) is 0 Å². The molecule has 1 aliphatic rings. The van der Waals surface area contributed by atoms with Gasteiger partial charge in [0.2, 0.25) is 0 Å². The van der Waals surface area contributed by atoms with Gasteiger partial charge in [0.25, 0.3) is 0 Å². The molecule has 0 aromatic heterocycles. The molecule has 2 unspecified atom stereocenters. The van der Waals surface area contributed by atoms with Gasteiger partial charge < -0.3 is 19.9 Å². The quantitative estimate of drug-likeness (QED) is 0.650. The summed E-state index contributed by atoms with van der Waals surface area (Å²) in [5.74, 6) is -0.904. The van der Waals surface area contributed by atoms with E-state index in [9.17, 15) is 4.79 Å². The summed E-state index contributed by atoms with van der Waals surface area (Å²) < 4.78 is 10.6. The van der Waals surface area contributed by atoms with Gasteiger partial charge in [0.05, 0.1) is 19.3 Å². The summed E-state index contributed by atoms with van der Waals surface area (Å²) in [6, 6.07) is 0. The molecule has 1 fully saturated rings. The van der Waals surface area contributed by atoms with Gasteiger partial charge in [0, 0.05) is 6.61 Å². The third kappa shape index (κ3) is 2.67. The van der Waals surface area contributed by atoms with Crippen LogP contribution < -0.4 is 5.32 Å². The Bertz CT molecular complexity index is 203. The van der Waals surface area contributed by atoms with Crippen molar-refractivity contribution in [1.82, 2.24) is 5.32 Å². The minimum absolute atomic E-state index is 0.0435. The number of carboxylic acids is 1. The maximum Gasteiger partial charge on any atom is 0.326 e. The van der Waals surface area contributed by atoms with Gasteiger partial charge in [0.15, 0.2) is 0 Å². The molecule has 1 saturated heterocycles. The lowest BCUT2D eigenvalue weighted by molar-refractivity contribution is -0.147. The van der Waals surface area contributed by atoms with Crippen LogP contribution in [0.15, 0.2) is 0 Å². The predicted octanol–water partition coefficient (Wildman–Crippen LogP) is -0.145. The molecule has 5 nitrogen and oxygen atoms in total. The maximum absolute atomic E-state index is 10.9. The van der Waals surface area contributed by atoms with E-state index in [4.69, 9.17) is 14.6 Å². The van der Waals surface area contributed by atoms with Crippen LogP contribution in [0.4, 0.5) is 0 Å². The third-order valence-electron chi connectivity index (χ3n) is 2.52. The van der Waals surface area contributed by atoms with Gasteiger partial charge in [-0.15, -0.1) is 0 Å². The van der Waals surface area contributed by atoms with Crippen molar-refractivity contribution in [2.24, 2.45) is 0 Å². The molecular weight excluding hydrogens is 186 g/mol. The summed E-state index contributed by atoms with van der Waals surface area (Å²) >= 11 is 0. The van der Waals surface area contributed by atoms with E-state index < -0.39 is 11.5 Å². The zero-order chi connectivity index (χ0) is 10.6. The van der Waals surface area contributed by atoms with E-state index in [2.05, 4.69) is 5.32 Å². The molecule has 0 amide bonds. The zero-order valence-corrected chi connectivity index (χ0v) is 8.58. The minimum atomic E-state index is -1.01. The molecule has 1 heterocycles. The number of nitrogens with one attached hydrogen (secondary N) is 1. The van der Waals surface area contributed by atoms with E-state index >= 15 is 0 Å². The fraction of sp³-hybridized carbons (Fsp3) is 0.889. The average Bonchev–Trinajstić information content (AvgIpc) is 2.66. The van der Waals surface area contributed by atoms with E-state index in [-0.39, 0.29) is 12.7 Å². The van der Waals surface area contributed by atoms with Crippen LogP contribution in [0.1, 0.15) is 13.3 Å². The van der Waals surface area contributed by atoms with E-state index in [1.54, 1.807) is 14.0 Å². The number of hydrogen-bond donors (Lipinski definition) is 2. The van der Waals surface area contributed by atoms with Gasteiger partial charge >= 0.3 is 5.97 Å². The summed E-state index contributed by atoms with van der Waals surface area (Å²) in [5, 5.41) is 11.7.